The molecule has 0 unspecified atom stereocenters. The minimum atomic E-state index is 0.580. The van der Waals surface area contributed by atoms with Gasteiger partial charge in [-0.3, -0.25) is 4.68 Å². The van der Waals surface area contributed by atoms with Crippen molar-refractivity contribution in [2.24, 2.45) is 7.05 Å². The zero-order valence-electron chi connectivity index (χ0n) is 11.7. The average Bonchev–Trinajstić information content (AvgIpc) is 3.04. The molecule has 3 heterocycles. The van der Waals surface area contributed by atoms with Crippen LogP contribution in [0.2, 0.25) is 0 Å². The highest BCUT2D eigenvalue weighted by molar-refractivity contribution is 7.71. The van der Waals surface area contributed by atoms with Crippen molar-refractivity contribution < 1.29 is 4.52 Å². The van der Waals surface area contributed by atoms with Gasteiger partial charge >= 0.3 is 0 Å². The van der Waals surface area contributed by atoms with Gasteiger partial charge in [0.05, 0.1) is 5.69 Å². The Bertz CT molecular complexity index is 808. The van der Waals surface area contributed by atoms with Crippen LogP contribution in [-0.2, 0) is 26.4 Å². The topological polar surface area (TPSA) is 77.5 Å². The molecule has 8 heteroatoms. The third-order valence-electron chi connectivity index (χ3n) is 3.29. The average molecular weight is 292 g/mol. The Hall–Kier alpha value is -1.96. The first kappa shape index (κ1) is 13.0. The van der Waals surface area contributed by atoms with E-state index in [4.69, 9.17) is 16.7 Å². The van der Waals surface area contributed by atoms with Crippen LogP contribution < -0.4 is 0 Å². The number of fused-ring (bicyclic) bond motifs is 1. The fraction of sp³-hybridized carbons (Fsp3) is 0.500. The fourth-order valence-electron chi connectivity index (χ4n) is 2.39. The number of aryl methyl sites for hydroxylation is 5. The molecule has 0 radical (unpaired) electrons. The lowest BCUT2D eigenvalue weighted by atomic mass is 10.3. The van der Waals surface area contributed by atoms with Crippen LogP contribution in [0.4, 0.5) is 0 Å². The molecule has 0 fully saturated rings. The van der Waals surface area contributed by atoms with Crippen LogP contribution in [0.15, 0.2) is 4.52 Å². The minimum absolute atomic E-state index is 0.580. The summed E-state index contributed by atoms with van der Waals surface area (Å²) in [6.07, 6.45) is 1.54. The van der Waals surface area contributed by atoms with Gasteiger partial charge in [0.15, 0.2) is 16.2 Å². The number of H-pyrrole nitrogens is 1. The first-order chi connectivity index (χ1) is 9.60. The van der Waals surface area contributed by atoms with Crippen molar-refractivity contribution in [2.75, 3.05) is 0 Å². The van der Waals surface area contributed by atoms with E-state index < -0.39 is 0 Å². The quantitative estimate of drug-likeness (QED) is 0.743. The molecule has 0 saturated heterocycles. The standard InChI is InChI=1S/C12H16N6OS/c1-4-8-10-11(17(3)15-8)18(12(20)14-10)6-5-9-13-7(2)19-16-9/h4-6H2,1-3H3,(H,14,20). The molecule has 106 valence electrons. The van der Waals surface area contributed by atoms with Gasteiger partial charge in [0, 0.05) is 26.9 Å². The van der Waals surface area contributed by atoms with Crippen molar-refractivity contribution in [3.05, 3.63) is 22.2 Å². The van der Waals surface area contributed by atoms with Crippen LogP contribution >= 0.6 is 12.2 Å². The summed E-state index contributed by atoms with van der Waals surface area (Å²) in [4.78, 5) is 7.44. The highest BCUT2D eigenvalue weighted by atomic mass is 32.1. The van der Waals surface area contributed by atoms with Crippen LogP contribution in [0.3, 0.4) is 0 Å². The van der Waals surface area contributed by atoms with E-state index >= 15 is 0 Å². The third-order valence-corrected chi connectivity index (χ3v) is 3.61. The highest BCUT2D eigenvalue weighted by Gasteiger charge is 2.14. The minimum Gasteiger partial charge on any atom is -0.340 e. The van der Waals surface area contributed by atoms with Gasteiger partial charge in [-0.1, -0.05) is 12.1 Å². The van der Waals surface area contributed by atoms with Crippen molar-refractivity contribution in [1.82, 2.24) is 29.5 Å². The van der Waals surface area contributed by atoms with Crippen molar-refractivity contribution in [1.29, 1.82) is 0 Å². The van der Waals surface area contributed by atoms with Crippen LogP contribution in [0, 0.1) is 11.7 Å². The summed E-state index contributed by atoms with van der Waals surface area (Å²) in [6, 6.07) is 0. The second-order valence-electron chi connectivity index (χ2n) is 4.68. The van der Waals surface area contributed by atoms with Crippen molar-refractivity contribution in [3.8, 4) is 0 Å². The number of nitrogens with zero attached hydrogens (tertiary/aromatic N) is 5. The molecule has 3 aromatic rings. The van der Waals surface area contributed by atoms with Gasteiger partial charge in [-0.25, -0.2) is 0 Å². The van der Waals surface area contributed by atoms with Crippen LogP contribution in [0.5, 0.6) is 0 Å². The van der Waals surface area contributed by atoms with Crippen LogP contribution in [-0.4, -0.2) is 29.5 Å². The lowest BCUT2D eigenvalue weighted by Gasteiger charge is -2.02. The second-order valence-corrected chi connectivity index (χ2v) is 5.07. The molecular formula is C12H16N6OS. The van der Waals surface area contributed by atoms with Crippen molar-refractivity contribution in [2.45, 2.75) is 33.2 Å². The van der Waals surface area contributed by atoms with E-state index in [0.29, 0.717) is 29.5 Å². The molecule has 1 N–H and O–H groups in total. The lowest BCUT2D eigenvalue weighted by Crippen LogP contribution is -2.06. The molecule has 0 spiro atoms. The molecule has 0 atom stereocenters. The van der Waals surface area contributed by atoms with Gasteiger partial charge in [0.1, 0.15) is 5.52 Å². The molecule has 0 saturated carbocycles. The number of hydrogen-bond acceptors (Lipinski definition) is 5. The largest absolute Gasteiger partial charge is 0.340 e. The number of nitrogens with one attached hydrogen (secondary N) is 1. The van der Waals surface area contributed by atoms with Crippen molar-refractivity contribution in [3.63, 3.8) is 0 Å². The predicted octanol–water partition coefficient (Wildman–Crippen LogP) is 1.93. The summed E-state index contributed by atoms with van der Waals surface area (Å²) < 4.78 is 9.57. The molecule has 0 aromatic carbocycles. The van der Waals surface area contributed by atoms with E-state index in [1.165, 1.54) is 0 Å². The van der Waals surface area contributed by atoms with Gasteiger partial charge in [0.25, 0.3) is 0 Å². The van der Waals surface area contributed by atoms with E-state index in [0.717, 1.165) is 23.3 Å². The van der Waals surface area contributed by atoms with Gasteiger partial charge in [-0.05, 0) is 18.6 Å². The fourth-order valence-corrected chi connectivity index (χ4v) is 2.67. The van der Waals surface area contributed by atoms with E-state index in [-0.39, 0.29) is 0 Å². The molecule has 0 bridgehead atoms. The maximum absolute atomic E-state index is 5.40. The summed E-state index contributed by atoms with van der Waals surface area (Å²) in [5.74, 6) is 1.27. The molecule has 0 amide bonds. The van der Waals surface area contributed by atoms with E-state index in [2.05, 4.69) is 27.1 Å². The van der Waals surface area contributed by atoms with E-state index in [1.54, 1.807) is 6.92 Å². The summed E-state index contributed by atoms with van der Waals surface area (Å²) in [5.41, 5.74) is 3.05. The summed E-state index contributed by atoms with van der Waals surface area (Å²) >= 11 is 5.40. The third kappa shape index (κ3) is 2.05. The maximum Gasteiger partial charge on any atom is 0.223 e. The first-order valence-electron chi connectivity index (χ1n) is 6.53. The molecule has 0 aliphatic rings. The monoisotopic (exact) mass is 292 g/mol. The Morgan fingerprint density at radius 2 is 2.20 bits per heavy atom. The molecule has 3 rings (SSSR count). The molecule has 0 aliphatic heterocycles. The number of rotatable bonds is 4. The Balaban J connectivity index is 1.96. The number of hydrogen-bond donors (Lipinski definition) is 1. The molecule has 20 heavy (non-hydrogen) atoms. The second kappa shape index (κ2) is 4.86. The van der Waals surface area contributed by atoms with Crippen molar-refractivity contribution >= 4 is 23.4 Å². The Kier molecular flexibility index (Phi) is 3.17. The van der Waals surface area contributed by atoms with Gasteiger partial charge < -0.3 is 14.1 Å². The zero-order valence-corrected chi connectivity index (χ0v) is 12.5. The van der Waals surface area contributed by atoms with Gasteiger partial charge in [-0.15, -0.1) is 0 Å². The van der Waals surface area contributed by atoms with Gasteiger partial charge in [-0.2, -0.15) is 10.1 Å². The highest BCUT2D eigenvalue weighted by Crippen LogP contribution is 2.18. The summed E-state index contributed by atoms with van der Waals surface area (Å²) in [5, 5.41) is 8.40. The van der Waals surface area contributed by atoms with E-state index in [9.17, 15) is 0 Å². The van der Waals surface area contributed by atoms with Gasteiger partial charge in [0.2, 0.25) is 5.89 Å². The summed E-state index contributed by atoms with van der Waals surface area (Å²) in [6.45, 7) is 4.56. The van der Waals surface area contributed by atoms with Crippen LogP contribution in [0.25, 0.3) is 11.2 Å². The number of aromatic amines is 1. The SMILES string of the molecule is CCc1nn(C)c2c1[nH]c(=S)n2CCc1noc(C)n1. The zero-order chi connectivity index (χ0) is 14.3. The Morgan fingerprint density at radius 3 is 2.85 bits per heavy atom. The first-order valence-corrected chi connectivity index (χ1v) is 6.94. The number of imidazole rings is 1. The maximum atomic E-state index is 5.40. The summed E-state index contributed by atoms with van der Waals surface area (Å²) in [7, 11) is 1.93. The Morgan fingerprint density at radius 1 is 1.40 bits per heavy atom. The van der Waals surface area contributed by atoms with Crippen LogP contribution in [0.1, 0.15) is 24.3 Å². The normalized spacial score (nSPS) is 11.6. The molecule has 3 aromatic heterocycles. The number of aromatic nitrogens is 6. The van der Waals surface area contributed by atoms with E-state index in [1.807, 2.05) is 16.3 Å². The Labute approximate surface area is 120 Å². The smallest absolute Gasteiger partial charge is 0.223 e. The predicted molar refractivity (Wildman–Crippen MR) is 76.0 cm³/mol. The molecular weight excluding hydrogens is 276 g/mol. The molecule has 0 aliphatic carbocycles. The molecule has 7 nitrogen and oxygen atoms in total. The lowest BCUT2D eigenvalue weighted by molar-refractivity contribution is 0.386.